The Morgan fingerprint density at radius 2 is 1.53 bits per heavy atom. The summed E-state index contributed by atoms with van der Waals surface area (Å²) in [4.78, 5) is 24.4. The Balaban J connectivity index is 0. The molecule has 0 rings (SSSR count). The monoisotopic (exact) mass is 276 g/mol. The van der Waals surface area contributed by atoms with E-state index in [1.165, 1.54) is 4.90 Å². The van der Waals surface area contributed by atoms with Gasteiger partial charge in [0, 0.05) is 21.6 Å². The Labute approximate surface area is 116 Å². The number of rotatable bonds is 3. The van der Waals surface area contributed by atoms with Gasteiger partial charge in [-0.25, -0.2) is 9.59 Å². The van der Waals surface area contributed by atoms with Crippen molar-refractivity contribution in [1.29, 1.82) is 0 Å². The van der Waals surface area contributed by atoms with Crippen LogP contribution in [-0.2, 0) is 9.47 Å². The molecule has 0 aromatic heterocycles. The average Bonchev–Trinajstić information content (AvgIpc) is 2.11. The molecule has 6 heteroatoms. The Kier molecular flexibility index (Phi) is 6.12. The summed E-state index contributed by atoms with van der Waals surface area (Å²) in [6, 6.07) is 0. The molecule has 0 heterocycles. The van der Waals surface area contributed by atoms with E-state index in [0.29, 0.717) is 13.1 Å². The summed E-state index contributed by atoms with van der Waals surface area (Å²) < 4.78 is 10.3. The fourth-order valence-corrected chi connectivity index (χ4v) is 1.07. The van der Waals surface area contributed by atoms with Crippen LogP contribution < -0.4 is 5.32 Å². The van der Waals surface area contributed by atoms with Gasteiger partial charge in [0.15, 0.2) is 0 Å². The van der Waals surface area contributed by atoms with Crippen LogP contribution in [-0.4, -0.2) is 48.4 Å². The van der Waals surface area contributed by atoms with Crippen LogP contribution >= 0.6 is 0 Å². The minimum Gasteiger partial charge on any atom is -0.444 e. The minimum atomic E-state index is -0.527. The molecule has 0 saturated carbocycles. The van der Waals surface area contributed by atoms with E-state index in [9.17, 15) is 9.59 Å². The van der Waals surface area contributed by atoms with Crippen LogP contribution in [0.3, 0.4) is 0 Å². The van der Waals surface area contributed by atoms with Crippen molar-refractivity contribution < 1.29 is 20.5 Å². The van der Waals surface area contributed by atoms with Crippen molar-refractivity contribution in [1.82, 2.24) is 10.2 Å². The quantitative estimate of drug-likeness (QED) is 0.860. The van der Waals surface area contributed by atoms with Gasteiger partial charge in [-0.3, -0.25) is 0 Å². The van der Waals surface area contributed by atoms with Crippen molar-refractivity contribution in [2.75, 3.05) is 20.1 Å². The van der Waals surface area contributed by atoms with Gasteiger partial charge in [0.05, 0.1) is 0 Å². The molecule has 0 radical (unpaired) electrons. The van der Waals surface area contributed by atoms with Crippen molar-refractivity contribution in [3.8, 4) is 0 Å². The number of likely N-dealkylation sites (N-methyl/N-ethyl adjacent to an activating group) is 1. The number of alkyl carbamates (subject to hydrolysis) is 1. The first-order chi connectivity index (χ1) is 8.41. The van der Waals surface area contributed by atoms with E-state index in [2.05, 4.69) is 5.32 Å². The van der Waals surface area contributed by atoms with Crippen LogP contribution in [0.15, 0.2) is 0 Å². The number of hydrogen-bond acceptors (Lipinski definition) is 4. The summed E-state index contributed by atoms with van der Waals surface area (Å²) in [5.74, 6) is 0. The first-order valence-electron chi connectivity index (χ1n) is 6.32. The molecule has 0 aromatic carbocycles. The molecule has 0 fully saturated rings. The second-order valence-corrected chi connectivity index (χ2v) is 6.33. The predicted octanol–water partition coefficient (Wildman–Crippen LogP) is 2.62. The van der Waals surface area contributed by atoms with Crippen LogP contribution in [0.4, 0.5) is 9.59 Å². The van der Waals surface area contributed by atoms with Gasteiger partial charge in [-0.05, 0) is 41.5 Å². The third-order valence-corrected chi connectivity index (χ3v) is 1.82. The van der Waals surface area contributed by atoms with Gasteiger partial charge in [0.1, 0.15) is 11.2 Å². The minimum absolute atomic E-state index is 0. The van der Waals surface area contributed by atoms with Gasteiger partial charge in [0.25, 0.3) is 0 Å². The SMILES string of the molecule is CN(CCNC(=O)OC(C)(C)C)C(=O)OC(C)(C)C.[HH]. The number of ether oxygens (including phenoxy) is 2. The van der Waals surface area contributed by atoms with Crippen molar-refractivity contribution in [3.05, 3.63) is 0 Å². The number of hydrogen-bond donors (Lipinski definition) is 1. The second-order valence-electron chi connectivity index (χ2n) is 6.33. The summed E-state index contributed by atoms with van der Waals surface area (Å²) in [6.45, 7) is 11.4. The molecule has 0 saturated heterocycles. The van der Waals surface area contributed by atoms with Gasteiger partial charge < -0.3 is 19.7 Å². The Morgan fingerprint density at radius 3 is 1.95 bits per heavy atom. The fraction of sp³-hybridized carbons (Fsp3) is 0.846. The second kappa shape index (κ2) is 6.63. The summed E-state index contributed by atoms with van der Waals surface area (Å²) in [7, 11) is 1.62. The third kappa shape index (κ3) is 10.2. The number of carbonyl (C=O) groups excluding carboxylic acids is 2. The van der Waals surface area contributed by atoms with E-state index in [-0.39, 0.29) is 1.43 Å². The zero-order valence-corrected chi connectivity index (χ0v) is 13.0. The number of nitrogens with one attached hydrogen (secondary N) is 1. The molecule has 114 valence electrons. The summed E-state index contributed by atoms with van der Waals surface area (Å²) in [5, 5.41) is 2.58. The van der Waals surface area contributed by atoms with Crippen molar-refractivity contribution in [3.63, 3.8) is 0 Å². The largest absolute Gasteiger partial charge is 0.444 e. The highest BCUT2D eigenvalue weighted by Crippen LogP contribution is 2.09. The molecule has 0 spiro atoms. The van der Waals surface area contributed by atoms with Crippen molar-refractivity contribution >= 4 is 12.2 Å². The van der Waals surface area contributed by atoms with Crippen LogP contribution in [0, 0.1) is 0 Å². The summed E-state index contributed by atoms with van der Waals surface area (Å²) in [5.41, 5.74) is -1.05. The lowest BCUT2D eigenvalue weighted by molar-refractivity contribution is 0.0288. The van der Waals surface area contributed by atoms with Crippen molar-refractivity contribution in [2.24, 2.45) is 0 Å². The van der Waals surface area contributed by atoms with E-state index in [4.69, 9.17) is 9.47 Å². The lowest BCUT2D eigenvalue weighted by Gasteiger charge is -2.25. The molecule has 19 heavy (non-hydrogen) atoms. The fourth-order valence-electron chi connectivity index (χ4n) is 1.07. The van der Waals surface area contributed by atoms with Crippen LogP contribution in [0.1, 0.15) is 43.0 Å². The molecule has 6 nitrogen and oxygen atoms in total. The highest BCUT2D eigenvalue weighted by atomic mass is 16.6. The standard InChI is InChI=1S/C13H26N2O4.H2/c1-12(2,3)18-10(16)14-8-9-15(7)11(17)19-13(4,5)6;/h8-9H2,1-7H3,(H,14,16);1H. The lowest BCUT2D eigenvalue weighted by Crippen LogP contribution is -2.40. The first-order valence-corrected chi connectivity index (χ1v) is 6.32. The summed E-state index contributed by atoms with van der Waals surface area (Å²) in [6.07, 6.45) is -0.913. The normalized spacial score (nSPS) is 11.7. The summed E-state index contributed by atoms with van der Waals surface area (Å²) >= 11 is 0. The molecule has 1 N–H and O–H groups in total. The van der Waals surface area contributed by atoms with E-state index in [0.717, 1.165) is 0 Å². The molecule has 0 atom stereocenters. The van der Waals surface area contributed by atoms with E-state index in [1.54, 1.807) is 48.6 Å². The Morgan fingerprint density at radius 1 is 1.05 bits per heavy atom. The number of amides is 2. The lowest BCUT2D eigenvalue weighted by atomic mass is 10.2. The average molecular weight is 276 g/mol. The Hall–Kier alpha value is -1.46. The first kappa shape index (κ1) is 17.5. The van der Waals surface area contributed by atoms with Crippen molar-refractivity contribution in [2.45, 2.75) is 52.7 Å². The zero-order chi connectivity index (χ0) is 15.3. The maximum absolute atomic E-state index is 11.6. The van der Waals surface area contributed by atoms with Crippen LogP contribution in [0.5, 0.6) is 0 Å². The zero-order valence-electron chi connectivity index (χ0n) is 13.0. The van der Waals surface area contributed by atoms with E-state index >= 15 is 0 Å². The molecular formula is C13H28N2O4. The number of nitrogens with zero attached hydrogens (tertiary/aromatic N) is 1. The Bertz CT molecular complexity index is 321. The van der Waals surface area contributed by atoms with E-state index in [1.807, 2.05) is 0 Å². The van der Waals surface area contributed by atoms with Gasteiger partial charge in [-0.15, -0.1) is 0 Å². The molecule has 0 unspecified atom stereocenters. The molecule has 0 aliphatic heterocycles. The molecule has 0 bridgehead atoms. The molecule has 0 aliphatic rings. The van der Waals surface area contributed by atoms with Gasteiger partial charge in [0.2, 0.25) is 0 Å². The van der Waals surface area contributed by atoms with Gasteiger partial charge in [-0.2, -0.15) is 0 Å². The topological polar surface area (TPSA) is 67.9 Å². The van der Waals surface area contributed by atoms with Crippen LogP contribution in [0.25, 0.3) is 0 Å². The molecule has 0 aliphatic carbocycles. The predicted molar refractivity (Wildman–Crippen MR) is 75.2 cm³/mol. The van der Waals surface area contributed by atoms with Gasteiger partial charge >= 0.3 is 12.2 Å². The highest BCUT2D eigenvalue weighted by molar-refractivity contribution is 5.69. The molecular weight excluding hydrogens is 248 g/mol. The maximum atomic E-state index is 11.6. The number of carbonyl (C=O) groups is 2. The smallest absolute Gasteiger partial charge is 0.410 e. The molecule has 0 aromatic rings. The van der Waals surface area contributed by atoms with E-state index < -0.39 is 23.4 Å². The van der Waals surface area contributed by atoms with Crippen LogP contribution in [0.2, 0.25) is 0 Å². The molecule has 2 amide bonds. The maximum Gasteiger partial charge on any atom is 0.410 e. The highest BCUT2D eigenvalue weighted by Gasteiger charge is 2.20. The van der Waals surface area contributed by atoms with Gasteiger partial charge in [-0.1, -0.05) is 0 Å². The third-order valence-electron chi connectivity index (χ3n) is 1.82.